The molecule has 1 aromatic carbocycles. The van der Waals surface area contributed by atoms with Crippen molar-refractivity contribution in [1.29, 1.82) is 0 Å². The van der Waals surface area contributed by atoms with Gasteiger partial charge in [-0.2, -0.15) is 0 Å². The number of sulfonamides is 1. The Balaban J connectivity index is 1.66. The average molecular weight is 375 g/mol. The molecule has 0 amide bonds. The molecule has 3 rings (SSSR count). The second-order valence-corrected chi connectivity index (χ2v) is 7.33. The monoisotopic (exact) mass is 374 g/mol. The molecule has 25 heavy (non-hydrogen) atoms. The zero-order valence-electron chi connectivity index (χ0n) is 13.1. The van der Waals surface area contributed by atoms with Gasteiger partial charge in [0.05, 0.1) is 16.8 Å². The Hall–Kier alpha value is -2.64. The minimum atomic E-state index is -3.71. The van der Waals surface area contributed by atoms with Crippen LogP contribution < -0.4 is 10.0 Å². The van der Waals surface area contributed by atoms with Gasteiger partial charge in [0.2, 0.25) is 0 Å². The van der Waals surface area contributed by atoms with Crippen molar-refractivity contribution in [3.05, 3.63) is 77.7 Å². The zero-order valence-corrected chi connectivity index (χ0v) is 14.6. The molecule has 0 aliphatic heterocycles. The molecule has 0 radical (unpaired) electrons. The molecule has 2 N–H and O–H groups in total. The number of hydrogen-bond acceptors (Lipinski definition) is 5. The summed E-state index contributed by atoms with van der Waals surface area (Å²) >= 11 is 5.84. The van der Waals surface area contributed by atoms with Gasteiger partial charge in [0.25, 0.3) is 10.0 Å². The molecule has 0 saturated carbocycles. The quantitative estimate of drug-likeness (QED) is 0.689. The number of hydrogen-bond donors (Lipinski definition) is 2. The van der Waals surface area contributed by atoms with Crippen LogP contribution >= 0.6 is 11.6 Å². The first-order valence-corrected chi connectivity index (χ1v) is 9.26. The van der Waals surface area contributed by atoms with E-state index >= 15 is 0 Å². The normalized spacial score (nSPS) is 11.1. The Labute approximate surface area is 151 Å². The highest BCUT2D eigenvalue weighted by Gasteiger charge is 2.14. The minimum Gasteiger partial charge on any atom is -0.366 e. The third-order valence-corrected chi connectivity index (χ3v) is 4.93. The number of halogens is 1. The molecule has 0 spiro atoms. The predicted molar refractivity (Wildman–Crippen MR) is 98.1 cm³/mol. The summed E-state index contributed by atoms with van der Waals surface area (Å²) in [5, 5.41) is 3.50. The van der Waals surface area contributed by atoms with Crippen molar-refractivity contribution in [2.75, 3.05) is 10.0 Å². The zero-order chi connectivity index (χ0) is 17.7. The molecule has 0 atom stereocenters. The van der Waals surface area contributed by atoms with Gasteiger partial charge in [0, 0.05) is 24.0 Å². The molecule has 3 aromatic rings. The predicted octanol–water partition coefficient (Wildman–Crippen LogP) is 3.54. The molecule has 8 heteroatoms. The fourth-order valence-corrected chi connectivity index (χ4v) is 3.45. The van der Waals surface area contributed by atoms with Crippen molar-refractivity contribution < 1.29 is 8.42 Å². The minimum absolute atomic E-state index is 0.0961. The maximum atomic E-state index is 12.3. The Bertz CT molecular complexity index is 948. The molecule has 2 heterocycles. The van der Waals surface area contributed by atoms with E-state index in [1.807, 2.05) is 12.1 Å². The molecular formula is C17H15ClN4O2S. The van der Waals surface area contributed by atoms with Crippen LogP contribution in [-0.4, -0.2) is 18.4 Å². The van der Waals surface area contributed by atoms with Crippen LogP contribution in [0.25, 0.3) is 0 Å². The van der Waals surface area contributed by atoms with E-state index in [2.05, 4.69) is 20.0 Å². The van der Waals surface area contributed by atoms with Crippen molar-refractivity contribution in [2.45, 2.75) is 11.4 Å². The molecule has 2 aromatic heterocycles. The van der Waals surface area contributed by atoms with E-state index in [4.69, 9.17) is 11.6 Å². The lowest BCUT2D eigenvalue weighted by molar-refractivity contribution is 0.601. The third-order valence-electron chi connectivity index (χ3n) is 3.32. The van der Waals surface area contributed by atoms with Crippen LogP contribution in [0.1, 0.15) is 5.56 Å². The van der Waals surface area contributed by atoms with Gasteiger partial charge < -0.3 is 5.32 Å². The highest BCUT2D eigenvalue weighted by molar-refractivity contribution is 7.92. The van der Waals surface area contributed by atoms with Crippen LogP contribution in [-0.2, 0) is 16.6 Å². The molecule has 0 fully saturated rings. The van der Waals surface area contributed by atoms with Gasteiger partial charge >= 0.3 is 0 Å². The van der Waals surface area contributed by atoms with Crippen LogP contribution in [0, 0.1) is 0 Å². The van der Waals surface area contributed by atoms with Crippen molar-refractivity contribution >= 4 is 33.1 Å². The fourth-order valence-electron chi connectivity index (χ4n) is 2.10. The molecule has 6 nitrogen and oxygen atoms in total. The summed E-state index contributed by atoms with van der Waals surface area (Å²) in [4.78, 5) is 8.34. The summed E-state index contributed by atoms with van der Waals surface area (Å²) < 4.78 is 27.1. The van der Waals surface area contributed by atoms with Gasteiger partial charge in [0.1, 0.15) is 5.82 Å². The van der Waals surface area contributed by atoms with Crippen LogP contribution in [0.2, 0.25) is 5.02 Å². The third kappa shape index (κ3) is 4.68. The maximum absolute atomic E-state index is 12.3. The number of aromatic nitrogens is 2. The summed E-state index contributed by atoms with van der Waals surface area (Å²) in [6.07, 6.45) is 4.93. The fraction of sp³-hybridized carbons (Fsp3) is 0.0588. The second kappa shape index (κ2) is 7.50. The smallest absolute Gasteiger partial charge is 0.261 e. The summed E-state index contributed by atoms with van der Waals surface area (Å²) in [7, 11) is -3.71. The molecule has 128 valence electrons. The second-order valence-electron chi connectivity index (χ2n) is 5.21. The van der Waals surface area contributed by atoms with E-state index in [9.17, 15) is 8.42 Å². The maximum Gasteiger partial charge on any atom is 0.261 e. The molecule has 0 unspecified atom stereocenters. The standard InChI is InChI=1S/C17H15ClN4O2S/c18-14-4-1-5-16(9-14)25(23,24)22-15-6-7-17(21-12-15)20-11-13-3-2-8-19-10-13/h1-10,12,22H,11H2,(H,20,21). The van der Waals surface area contributed by atoms with Crippen LogP contribution in [0.5, 0.6) is 0 Å². The number of nitrogens with one attached hydrogen (secondary N) is 2. The first-order chi connectivity index (χ1) is 12.0. The van der Waals surface area contributed by atoms with Crippen molar-refractivity contribution in [3.8, 4) is 0 Å². The topological polar surface area (TPSA) is 84.0 Å². The molecule has 0 aliphatic carbocycles. The van der Waals surface area contributed by atoms with Crippen LogP contribution in [0.3, 0.4) is 0 Å². The summed E-state index contributed by atoms with van der Waals surface area (Å²) in [5.74, 6) is 0.634. The van der Waals surface area contributed by atoms with E-state index in [0.717, 1.165) is 5.56 Å². The first kappa shape index (κ1) is 17.2. The lowest BCUT2D eigenvalue weighted by atomic mass is 10.3. The van der Waals surface area contributed by atoms with Gasteiger partial charge in [-0.1, -0.05) is 23.7 Å². The molecule has 0 bridgehead atoms. The van der Waals surface area contributed by atoms with E-state index < -0.39 is 10.0 Å². The molecular weight excluding hydrogens is 360 g/mol. The summed E-state index contributed by atoms with van der Waals surface area (Å²) in [6, 6.07) is 13.2. The van der Waals surface area contributed by atoms with E-state index in [0.29, 0.717) is 23.1 Å². The molecule has 0 aliphatic rings. The summed E-state index contributed by atoms with van der Waals surface area (Å²) in [5.41, 5.74) is 1.39. The van der Waals surface area contributed by atoms with Gasteiger partial charge in [-0.05, 0) is 42.0 Å². The van der Waals surface area contributed by atoms with Gasteiger partial charge in [-0.25, -0.2) is 13.4 Å². The number of nitrogens with zero attached hydrogens (tertiary/aromatic N) is 2. The largest absolute Gasteiger partial charge is 0.366 e. The van der Waals surface area contributed by atoms with Crippen LogP contribution in [0.4, 0.5) is 11.5 Å². The molecule has 0 saturated heterocycles. The van der Waals surface area contributed by atoms with Crippen molar-refractivity contribution in [3.63, 3.8) is 0 Å². The van der Waals surface area contributed by atoms with E-state index in [1.165, 1.54) is 18.3 Å². The Morgan fingerprint density at radius 1 is 1.04 bits per heavy atom. The van der Waals surface area contributed by atoms with Gasteiger partial charge in [-0.3, -0.25) is 9.71 Å². The highest BCUT2D eigenvalue weighted by Crippen LogP contribution is 2.19. The number of benzene rings is 1. The number of pyridine rings is 2. The Morgan fingerprint density at radius 3 is 2.60 bits per heavy atom. The first-order valence-electron chi connectivity index (χ1n) is 7.40. The van der Waals surface area contributed by atoms with Gasteiger partial charge in [-0.15, -0.1) is 0 Å². The lowest BCUT2D eigenvalue weighted by Crippen LogP contribution is -2.13. The lowest BCUT2D eigenvalue weighted by Gasteiger charge is -2.09. The van der Waals surface area contributed by atoms with E-state index in [1.54, 1.807) is 36.7 Å². The number of rotatable bonds is 6. The van der Waals surface area contributed by atoms with Crippen molar-refractivity contribution in [1.82, 2.24) is 9.97 Å². The SMILES string of the molecule is O=S(=O)(Nc1ccc(NCc2cccnc2)nc1)c1cccc(Cl)c1. The number of anilines is 2. The average Bonchev–Trinajstić information content (AvgIpc) is 2.62. The summed E-state index contributed by atoms with van der Waals surface area (Å²) in [6.45, 7) is 0.578. The van der Waals surface area contributed by atoms with Gasteiger partial charge in [0.15, 0.2) is 0 Å². The van der Waals surface area contributed by atoms with Crippen LogP contribution in [0.15, 0.2) is 72.0 Å². The highest BCUT2D eigenvalue weighted by atomic mass is 35.5. The van der Waals surface area contributed by atoms with E-state index in [-0.39, 0.29) is 4.90 Å². The Morgan fingerprint density at radius 2 is 1.92 bits per heavy atom. The van der Waals surface area contributed by atoms with Crippen molar-refractivity contribution in [2.24, 2.45) is 0 Å². The Kier molecular flexibility index (Phi) is 5.16.